The third kappa shape index (κ3) is 4.54. The number of non-ortho nitro benzene ring substituents is 1. The lowest BCUT2D eigenvalue weighted by Crippen LogP contribution is -2.15. The molecule has 1 heterocycles. The highest BCUT2D eigenvalue weighted by Gasteiger charge is 2.16. The Balaban J connectivity index is 1.70. The molecule has 0 aliphatic heterocycles. The molecule has 0 spiro atoms. The van der Waals surface area contributed by atoms with E-state index in [0.717, 1.165) is 0 Å². The molecule has 1 amide bonds. The summed E-state index contributed by atoms with van der Waals surface area (Å²) in [5.74, 6) is -0.200. The average Bonchev–Trinajstić information content (AvgIpc) is 3.06. The molecule has 0 atom stereocenters. The van der Waals surface area contributed by atoms with E-state index in [-0.39, 0.29) is 39.6 Å². The molecule has 1 N–H and O–H groups in total. The van der Waals surface area contributed by atoms with Gasteiger partial charge in [0.15, 0.2) is 5.82 Å². The number of nitro groups is 1. The van der Waals surface area contributed by atoms with Gasteiger partial charge in [0.1, 0.15) is 0 Å². The van der Waals surface area contributed by atoms with Crippen molar-refractivity contribution in [2.45, 2.75) is 6.42 Å². The molecule has 11 heteroatoms. The van der Waals surface area contributed by atoms with E-state index in [1.54, 1.807) is 0 Å². The molecular weight excluding hydrogens is 419 g/mol. The van der Waals surface area contributed by atoms with Crippen LogP contribution in [0.5, 0.6) is 0 Å². The quantitative estimate of drug-likeness (QED) is 0.463. The van der Waals surface area contributed by atoms with E-state index in [1.165, 1.54) is 36.4 Å². The van der Waals surface area contributed by atoms with Crippen molar-refractivity contribution in [1.82, 2.24) is 10.1 Å². The maximum Gasteiger partial charge on any atom is 0.269 e. The number of aromatic nitrogens is 2. The summed E-state index contributed by atoms with van der Waals surface area (Å²) in [6, 6.07) is 8.48. The van der Waals surface area contributed by atoms with Gasteiger partial charge in [-0.3, -0.25) is 14.9 Å². The highest BCUT2D eigenvalue weighted by Crippen LogP contribution is 2.33. The first-order valence-corrected chi connectivity index (χ1v) is 8.48. The van der Waals surface area contributed by atoms with Crippen LogP contribution in [0.2, 0.25) is 15.1 Å². The standard InChI is InChI=1S/C16H9Cl3N4O4/c17-9-5-11(18)15(12(19)6-9)21-14(24)7-13-20-16(27-22-13)8-1-3-10(4-2-8)23(25)26/h1-6H,7H2,(H,21,24). The summed E-state index contributed by atoms with van der Waals surface area (Å²) < 4.78 is 5.08. The minimum absolute atomic E-state index is 0.0606. The second kappa shape index (κ2) is 7.91. The topological polar surface area (TPSA) is 111 Å². The predicted octanol–water partition coefficient (Wildman–Crippen LogP) is 4.79. The SMILES string of the molecule is O=C(Cc1noc(-c2ccc([N+](=O)[O-])cc2)n1)Nc1c(Cl)cc(Cl)cc1Cl. The van der Waals surface area contributed by atoms with E-state index in [0.29, 0.717) is 10.6 Å². The second-order valence-electron chi connectivity index (χ2n) is 5.29. The van der Waals surface area contributed by atoms with Crippen molar-refractivity contribution in [1.29, 1.82) is 0 Å². The van der Waals surface area contributed by atoms with Crippen molar-refractivity contribution in [2.75, 3.05) is 5.32 Å². The van der Waals surface area contributed by atoms with Crippen LogP contribution in [0, 0.1) is 10.1 Å². The van der Waals surface area contributed by atoms with Gasteiger partial charge in [-0.15, -0.1) is 0 Å². The maximum atomic E-state index is 12.2. The molecule has 0 bridgehead atoms. The van der Waals surface area contributed by atoms with Crippen LogP contribution in [0.3, 0.4) is 0 Å². The number of carbonyl (C=O) groups excluding carboxylic acids is 1. The summed E-state index contributed by atoms with van der Waals surface area (Å²) >= 11 is 17.9. The van der Waals surface area contributed by atoms with Crippen LogP contribution >= 0.6 is 34.8 Å². The highest BCUT2D eigenvalue weighted by atomic mass is 35.5. The molecule has 0 unspecified atom stereocenters. The molecule has 0 aliphatic rings. The Bertz CT molecular complexity index is 998. The normalized spacial score (nSPS) is 10.6. The van der Waals surface area contributed by atoms with Crippen LogP contribution in [0.15, 0.2) is 40.9 Å². The van der Waals surface area contributed by atoms with E-state index < -0.39 is 10.8 Å². The van der Waals surface area contributed by atoms with Gasteiger partial charge in [0.25, 0.3) is 11.6 Å². The molecule has 3 aromatic rings. The number of halogens is 3. The molecule has 0 saturated carbocycles. The lowest BCUT2D eigenvalue weighted by molar-refractivity contribution is -0.384. The summed E-state index contributed by atoms with van der Waals surface area (Å²) in [5.41, 5.74) is 0.657. The van der Waals surface area contributed by atoms with Gasteiger partial charge in [-0.2, -0.15) is 4.98 Å². The fraction of sp³-hybridized carbons (Fsp3) is 0.0625. The number of nitrogens with one attached hydrogen (secondary N) is 1. The Hall–Kier alpha value is -2.68. The number of amides is 1. The average molecular weight is 428 g/mol. The van der Waals surface area contributed by atoms with Gasteiger partial charge in [0.2, 0.25) is 5.91 Å². The lowest BCUT2D eigenvalue weighted by atomic mass is 10.2. The van der Waals surface area contributed by atoms with Crippen molar-refractivity contribution in [2.24, 2.45) is 0 Å². The zero-order valence-electron chi connectivity index (χ0n) is 13.3. The van der Waals surface area contributed by atoms with Crippen LogP contribution in [-0.2, 0) is 11.2 Å². The number of benzene rings is 2. The Kier molecular flexibility index (Phi) is 5.59. The van der Waals surface area contributed by atoms with Crippen molar-refractivity contribution in [3.63, 3.8) is 0 Å². The summed E-state index contributed by atoms with van der Waals surface area (Å²) in [6.07, 6.45) is -0.189. The summed E-state index contributed by atoms with van der Waals surface area (Å²) in [5, 5.41) is 17.7. The zero-order valence-corrected chi connectivity index (χ0v) is 15.5. The van der Waals surface area contributed by atoms with Crippen molar-refractivity contribution in [3.8, 4) is 11.5 Å². The highest BCUT2D eigenvalue weighted by molar-refractivity contribution is 6.42. The minimum Gasteiger partial charge on any atom is -0.334 e. The van der Waals surface area contributed by atoms with Gasteiger partial charge in [-0.25, -0.2) is 0 Å². The van der Waals surface area contributed by atoms with Gasteiger partial charge in [0.05, 0.1) is 27.1 Å². The summed E-state index contributed by atoms with van der Waals surface area (Å²) in [6.45, 7) is 0. The largest absolute Gasteiger partial charge is 0.334 e. The molecular formula is C16H9Cl3N4O4. The Morgan fingerprint density at radius 2 is 1.78 bits per heavy atom. The van der Waals surface area contributed by atoms with Crippen molar-refractivity contribution < 1.29 is 14.2 Å². The second-order valence-corrected chi connectivity index (χ2v) is 6.54. The monoisotopic (exact) mass is 426 g/mol. The van der Waals surface area contributed by atoms with Crippen LogP contribution in [0.25, 0.3) is 11.5 Å². The number of hydrogen-bond donors (Lipinski definition) is 1. The van der Waals surface area contributed by atoms with E-state index in [9.17, 15) is 14.9 Å². The molecule has 2 aromatic carbocycles. The fourth-order valence-electron chi connectivity index (χ4n) is 2.16. The molecule has 3 rings (SSSR count). The van der Waals surface area contributed by atoms with E-state index in [2.05, 4.69) is 15.5 Å². The maximum absolute atomic E-state index is 12.2. The first-order chi connectivity index (χ1) is 12.8. The first kappa shape index (κ1) is 19.1. The third-order valence-electron chi connectivity index (χ3n) is 3.38. The number of rotatable bonds is 5. The number of anilines is 1. The zero-order chi connectivity index (χ0) is 19.6. The number of hydrogen-bond acceptors (Lipinski definition) is 6. The van der Waals surface area contributed by atoms with E-state index in [1.807, 2.05) is 0 Å². The number of nitrogens with zero attached hydrogens (tertiary/aromatic N) is 3. The van der Waals surface area contributed by atoms with Gasteiger partial charge in [-0.1, -0.05) is 40.0 Å². The predicted molar refractivity (Wildman–Crippen MR) is 100 cm³/mol. The number of nitro benzene ring substituents is 1. The summed E-state index contributed by atoms with van der Waals surface area (Å²) in [4.78, 5) is 26.4. The molecule has 8 nitrogen and oxygen atoms in total. The first-order valence-electron chi connectivity index (χ1n) is 7.35. The van der Waals surface area contributed by atoms with Crippen LogP contribution in [0.4, 0.5) is 11.4 Å². The third-order valence-corrected chi connectivity index (χ3v) is 4.20. The Labute approximate surface area is 167 Å². The molecule has 0 aliphatic carbocycles. The molecule has 138 valence electrons. The van der Waals surface area contributed by atoms with E-state index >= 15 is 0 Å². The van der Waals surface area contributed by atoms with Gasteiger partial charge in [-0.05, 0) is 24.3 Å². The van der Waals surface area contributed by atoms with Gasteiger partial charge >= 0.3 is 0 Å². The van der Waals surface area contributed by atoms with Crippen molar-refractivity contribution >= 4 is 52.1 Å². The number of carbonyl (C=O) groups is 1. The van der Waals surface area contributed by atoms with E-state index in [4.69, 9.17) is 39.3 Å². The molecule has 0 radical (unpaired) electrons. The van der Waals surface area contributed by atoms with Crippen LogP contribution in [-0.4, -0.2) is 21.0 Å². The molecule has 27 heavy (non-hydrogen) atoms. The fourth-order valence-corrected chi connectivity index (χ4v) is 3.07. The molecule has 0 fully saturated rings. The molecule has 1 aromatic heterocycles. The van der Waals surface area contributed by atoms with Crippen LogP contribution < -0.4 is 5.32 Å². The minimum atomic E-state index is -0.514. The van der Waals surface area contributed by atoms with Crippen LogP contribution in [0.1, 0.15) is 5.82 Å². The smallest absolute Gasteiger partial charge is 0.269 e. The Morgan fingerprint density at radius 3 is 2.37 bits per heavy atom. The van der Waals surface area contributed by atoms with Crippen molar-refractivity contribution in [3.05, 3.63) is 67.4 Å². The summed E-state index contributed by atoms with van der Waals surface area (Å²) in [7, 11) is 0. The van der Waals surface area contributed by atoms with Gasteiger partial charge in [0, 0.05) is 22.7 Å². The molecule has 0 saturated heterocycles. The van der Waals surface area contributed by atoms with Gasteiger partial charge < -0.3 is 9.84 Å². The Morgan fingerprint density at radius 1 is 1.15 bits per heavy atom. The lowest BCUT2D eigenvalue weighted by Gasteiger charge is -2.08.